The number of carbonyl (C=O) groups excluding carboxylic acids is 5. The second-order valence-corrected chi connectivity index (χ2v) is 11.8. The molecule has 0 unspecified atom stereocenters. The number of unbranched alkanes of at least 4 members (excludes halogenated alkanes) is 6. The number of nitrogens with zero attached hydrogens (tertiary/aromatic N) is 4. The van der Waals surface area contributed by atoms with Gasteiger partial charge in [0.05, 0.1) is 23.1 Å². The molecule has 2 aromatic carbocycles. The summed E-state index contributed by atoms with van der Waals surface area (Å²) in [5, 5.41) is 22.8. The average molecular weight is 723 g/mol. The topological polar surface area (TPSA) is 215 Å². The van der Waals surface area contributed by atoms with Crippen molar-refractivity contribution < 1.29 is 52.8 Å². The number of hydrogen-bond donors (Lipinski definition) is 0. The lowest BCUT2D eigenvalue weighted by Crippen LogP contribution is -2.30. The number of imide groups is 2. The predicted molar refractivity (Wildman–Crippen MR) is 181 cm³/mol. The summed E-state index contributed by atoms with van der Waals surface area (Å²) in [6, 6.07) is 7.23. The highest BCUT2D eigenvalue weighted by Gasteiger charge is 2.23. The predicted octanol–water partition coefficient (Wildman–Crippen LogP) is 5.08. The Hall–Kier alpha value is -5.81. The van der Waals surface area contributed by atoms with Crippen LogP contribution < -0.4 is 9.47 Å². The standard InChI is InChI=1S/C35H38N4O13/c40-31-13-14-32(41)36(31)17-5-1-3-7-19-49-23-25-21-27(38(45)46)9-11-29(25)51-35(44)52-30-12-10-28(39(47)48)22-26(30)24-50-20-8-4-2-6-18-37-33(42)15-16-34(37)43/h9-16,21-22H,1-8,17-20,23-24H2. The van der Waals surface area contributed by atoms with E-state index in [0.29, 0.717) is 52.0 Å². The maximum absolute atomic E-state index is 12.9. The molecule has 276 valence electrons. The van der Waals surface area contributed by atoms with E-state index >= 15 is 0 Å². The third-order valence-electron chi connectivity index (χ3n) is 8.05. The lowest BCUT2D eigenvalue weighted by molar-refractivity contribution is -0.385. The Balaban J connectivity index is 1.24. The van der Waals surface area contributed by atoms with Crippen molar-refractivity contribution in [3.05, 3.63) is 92.1 Å². The Labute approximate surface area is 298 Å². The highest BCUT2D eigenvalue weighted by Crippen LogP contribution is 2.28. The Morgan fingerprint density at radius 1 is 0.558 bits per heavy atom. The number of benzene rings is 2. The van der Waals surface area contributed by atoms with E-state index in [1.54, 1.807) is 0 Å². The smallest absolute Gasteiger partial charge is 0.394 e. The van der Waals surface area contributed by atoms with Crippen LogP contribution in [0.4, 0.5) is 16.2 Å². The average Bonchev–Trinajstić information content (AvgIpc) is 3.61. The molecule has 0 bridgehead atoms. The normalized spacial score (nSPS) is 13.8. The van der Waals surface area contributed by atoms with Crippen molar-refractivity contribution in [3.63, 3.8) is 0 Å². The molecule has 0 N–H and O–H groups in total. The maximum atomic E-state index is 12.9. The van der Waals surface area contributed by atoms with Gasteiger partial charge in [-0.1, -0.05) is 25.7 Å². The zero-order valence-corrected chi connectivity index (χ0v) is 28.3. The van der Waals surface area contributed by atoms with Crippen LogP contribution >= 0.6 is 0 Å². The number of amides is 4. The van der Waals surface area contributed by atoms with Crippen LogP contribution in [0.1, 0.15) is 62.5 Å². The van der Waals surface area contributed by atoms with Gasteiger partial charge in [-0.05, 0) is 37.8 Å². The number of rotatable bonds is 22. The number of ether oxygens (including phenoxy) is 4. The van der Waals surface area contributed by atoms with Crippen LogP contribution in [0.2, 0.25) is 0 Å². The summed E-state index contributed by atoms with van der Waals surface area (Å²) in [4.78, 5) is 83.3. The van der Waals surface area contributed by atoms with Gasteiger partial charge in [0.15, 0.2) is 0 Å². The van der Waals surface area contributed by atoms with E-state index in [-0.39, 0.29) is 70.8 Å². The van der Waals surface area contributed by atoms with Crippen molar-refractivity contribution >= 4 is 41.2 Å². The summed E-state index contributed by atoms with van der Waals surface area (Å²) in [6.45, 7) is 1.02. The fraction of sp³-hybridized carbons (Fsp3) is 0.400. The van der Waals surface area contributed by atoms with Crippen LogP contribution in [0.5, 0.6) is 11.5 Å². The fourth-order valence-corrected chi connectivity index (χ4v) is 5.31. The minimum absolute atomic E-state index is 0.0430. The second-order valence-electron chi connectivity index (χ2n) is 11.8. The minimum atomic E-state index is -1.19. The van der Waals surface area contributed by atoms with Crippen LogP contribution in [0, 0.1) is 20.2 Å². The molecule has 4 amide bonds. The highest BCUT2D eigenvalue weighted by molar-refractivity contribution is 6.13. The number of non-ortho nitro benzene ring substituents is 2. The van der Waals surface area contributed by atoms with Crippen molar-refractivity contribution in [1.29, 1.82) is 0 Å². The van der Waals surface area contributed by atoms with Crippen LogP contribution in [0.25, 0.3) is 0 Å². The van der Waals surface area contributed by atoms with E-state index in [1.807, 2.05) is 0 Å². The van der Waals surface area contributed by atoms with Gasteiger partial charge in [0.25, 0.3) is 35.0 Å². The van der Waals surface area contributed by atoms with Gasteiger partial charge in [0.1, 0.15) is 11.5 Å². The SMILES string of the molecule is O=C(Oc1ccc([N+](=O)[O-])cc1COCCCCCCN1C(=O)C=CC1=O)Oc1ccc([N+](=O)[O-])cc1COCCCCCCN1C(=O)C=CC1=O. The van der Waals surface area contributed by atoms with E-state index in [1.165, 1.54) is 58.4 Å². The number of carbonyl (C=O) groups is 5. The Morgan fingerprint density at radius 3 is 1.29 bits per heavy atom. The van der Waals surface area contributed by atoms with Crippen LogP contribution in [0.15, 0.2) is 60.7 Å². The summed E-state index contributed by atoms with van der Waals surface area (Å²) in [5.74, 6) is -1.37. The molecule has 0 saturated heterocycles. The van der Waals surface area contributed by atoms with E-state index in [4.69, 9.17) is 18.9 Å². The van der Waals surface area contributed by atoms with Gasteiger partial charge in [-0.25, -0.2) is 4.79 Å². The molecule has 2 heterocycles. The van der Waals surface area contributed by atoms with E-state index in [9.17, 15) is 44.2 Å². The largest absolute Gasteiger partial charge is 0.519 e. The Morgan fingerprint density at radius 2 is 0.923 bits per heavy atom. The number of nitro groups is 2. The highest BCUT2D eigenvalue weighted by atomic mass is 16.7. The third kappa shape index (κ3) is 11.6. The van der Waals surface area contributed by atoms with Crippen molar-refractivity contribution in [3.8, 4) is 11.5 Å². The molecule has 2 aliphatic rings. The lowest BCUT2D eigenvalue weighted by Gasteiger charge is -2.14. The minimum Gasteiger partial charge on any atom is -0.394 e. The number of hydrogen-bond acceptors (Lipinski definition) is 13. The summed E-state index contributed by atoms with van der Waals surface area (Å²) in [5.41, 5.74) is -0.0630. The Kier molecular flexibility index (Phi) is 14.7. The molecule has 2 aliphatic heterocycles. The summed E-state index contributed by atoms with van der Waals surface area (Å²) >= 11 is 0. The van der Waals surface area contributed by atoms with Crippen molar-refractivity contribution in [2.75, 3.05) is 26.3 Å². The first kappa shape index (κ1) is 39.0. The van der Waals surface area contributed by atoms with Gasteiger partial charge in [-0.2, -0.15) is 0 Å². The van der Waals surface area contributed by atoms with Crippen LogP contribution in [-0.2, 0) is 41.9 Å². The first-order valence-corrected chi connectivity index (χ1v) is 16.7. The van der Waals surface area contributed by atoms with Crippen molar-refractivity contribution in [2.45, 2.75) is 64.6 Å². The zero-order valence-electron chi connectivity index (χ0n) is 28.3. The zero-order chi connectivity index (χ0) is 37.5. The van der Waals surface area contributed by atoms with Crippen LogP contribution in [0.3, 0.4) is 0 Å². The third-order valence-corrected chi connectivity index (χ3v) is 8.05. The van der Waals surface area contributed by atoms with E-state index in [0.717, 1.165) is 37.8 Å². The van der Waals surface area contributed by atoms with Gasteiger partial charge < -0.3 is 18.9 Å². The molecular weight excluding hydrogens is 684 g/mol. The molecule has 0 fully saturated rings. The van der Waals surface area contributed by atoms with Gasteiger partial charge >= 0.3 is 6.16 Å². The van der Waals surface area contributed by atoms with Crippen LogP contribution in [-0.4, -0.2) is 75.7 Å². The monoisotopic (exact) mass is 722 g/mol. The molecule has 4 rings (SSSR count). The first-order chi connectivity index (χ1) is 25.0. The summed E-state index contributed by atoms with van der Waals surface area (Å²) in [7, 11) is 0. The quantitative estimate of drug-likeness (QED) is 0.0387. The molecule has 0 saturated carbocycles. The first-order valence-electron chi connectivity index (χ1n) is 16.7. The van der Waals surface area contributed by atoms with Gasteiger partial charge in [-0.15, -0.1) is 0 Å². The molecular formula is C35H38N4O13. The summed E-state index contributed by atoms with van der Waals surface area (Å²) < 4.78 is 22.1. The fourth-order valence-electron chi connectivity index (χ4n) is 5.31. The van der Waals surface area contributed by atoms with Gasteiger partial charge in [0.2, 0.25) is 0 Å². The molecule has 0 spiro atoms. The van der Waals surface area contributed by atoms with Crippen molar-refractivity contribution in [1.82, 2.24) is 9.80 Å². The second kappa shape index (κ2) is 19.5. The molecule has 0 aliphatic carbocycles. The van der Waals surface area contributed by atoms with Gasteiger partial charge in [-0.3, -0.25) is 49.2 Å². The van der Waals surface area contributed by atoms with E-state index in [2.05, 4.69) is 0 Å². The molecule has 0 aromatic heterocycles. The van der Waals surface area contributed by atoms with Crippen molar-refractivity contribution in [2.24, 2.45) is 0 Å². The molecule has 17 heteroatoms. The summed E-state index contributed by atoms with van der Waals surface area (Å²) in [6.07, 6.45) is 9.32. The van der Waals surface area contributed by atoms with Gasteiger partial charge in [0, 0.05) is 86.0 Å². The molecule has 52 heavy (non-hydrogen) atoms. The number of nitro benzene ring substituents is 2. The Bertz CT molecular complexity index is 1580. The molecule has 2 aromatic rings. The van der Waals surface area contributed by atoms with E-state index < -0.39 is 16.0 Å². The lowest BCUT2D eigenvalue weighted by atomic mass is 10.2. The molecule has 0 atom stereocenters. The maximum Gasteiger partial charge on any atom is 0.519 e. The molecule has 0 radical (unpaired) electrons. The molecule has 17 nitrogen and oxygen atoms in total.